The van der Waals surface area contributed by atoms with Gasteiger partial charge in [-0.15, -0.1) is 0 Å². The Labute approximate surface area is 120 Å². The molecule has 0 saturated heterocycles. The number of nitrogens with two attached hydrogens (primary N) is 1. The van der Waals surface area contributed by atoms with Gasteiger partial charge >= 0.3 is 0 Å². The van der Waals surface area contributed by atoms with Crippen LogP contribution >= 0.6 is 0 Å². The predicted octanol–water partition coefficient (Wildman–Crippen LogP) is 2.94. The molecule has 1 aromatic carbocycles. The van der Waals surface area contributed by atoms with E-state index in [1.807, 2.05) is 13.0 Å². The smallest absolute Gasteiger partial charge is 0.231 e. The zero-order valence-electron chi connectivity index (χ0n) is 12.1. The van der Waals surface area contributed by atoms with Gasteiger partial charge < -0.3 is 16.2 Å². The molecule has 0 spiro atoms. The molecule has 0 aliphatic heterocycles. The van der Waals surface area contributed by atoms with Gasteiger partial charge in [-0.05, 0) is 31.4 Å². The highest BCUT2D eigenvalue weighted by Gasteiger charge is 2.37. The van der Waals surface area contributed by atoms with E-state index >= 15 is 0 Å². The van der Waals surface area contributed by atoms with Gasteiger partial charge in [0.05, 0.1) is 5.41 Å². The molecule has 0 heterocycles. The van der Waals surface area contributed by atoms with Crippen molar-refractivity contribution in [3.63, 3.8) is 0 Å². The fraction of sp³-hybridized carbons (Fsp3) is 0.562. The molecule has 0 unspecified atom stereocenters. The van der Waals surface area contributed by atoms with Gasteiger partial charge in [0.2, 0.25) is 5.91 Å². The van der Waals surface area contributed by atoms with Crippen LogP contribution < -0.4 is 11.1 Å². The Balaban J connectivity index is 2.14. The fourth-order valence-electron chi connectivity index (χ4n) is 2.88. The molecule has 1 fully saturated rings. The van der Waals surface area contributed by atoms with Gasteiger partial charge in [0.15, 0.2) is 0 Å². The summed E-state index contributed by atoms with van der Waals surface area (Å²) in [6, 6.07) is 5.20. The third-order valence-electron chi connectivity index (χ3n) is 4.40. The van der Waals surface area contributed by atoms with Crippen molar-refractivity contribution >= 4 is 11.6 Å². The summed E-state index contributed by atoms with van der Waals surface area (Å²) in [5.74, 6) is 0.190. The summed E-state index contributed by atoms with van der Waals surface area (Å²) in [7, 11) is 0. The first kappa shape index (κ1) is 14.9. The fourth-order valence-corrected chi connectivity index (χ4v) is 2.88. The number of hydrogen-bond donors (Lipinski definition) is 3. The van der Waals surface area contributed by atoms with E-state index in [9.17, 15) is 9.90 Å². The van der Waals surface area contributed by atoms with Gasteiger partial charge in [-0.1, -0.05) is 31.7 Å². The van der Waals surface area contributed by atoms with Crippen molar-refractivity contribution in [3.05, 3.63) is 23.8 Å². The Morgan fingerprint density at radius 1 is 1.30 bits per heavy atom. The molecule has 2 rings (SSSR count). The Kier molecular flexibility index (Phi) is 4.65. The number of aryl methyl sites for hydroxylation is 1. The number of hydrogen-bond acceptors (Lipinski definition) is 3. The maximum atomic E-state index is 12.6. The molecule has 0 aromatic heterocycles. The van der Waals surface area contributed by atoms with Crippen LogP contribution in [-0.2, 0) is 4.79 Å². The van der Waals surface area contributed by atoms with Crippen LogP contribution in [-0.4, -0.2) is 17.6 Å². The van der Waals surface area contributed by atoms with E-state index in [1.165, 1.54) is 12.8 Å². The van der Waals surface area contributed by atoms with Crippen LogP contribution in [0.3, 0.4) is 0 Å². The first-order valence-electron chi connectivity index (χ1n) is 7.38. The standard InChI is InChI=1S/C16H24N2O2/c1-12-6-7-13(10-14(12)19)18-15(20)16(11-17)8-4-2-3-5-9-16/h6-7,10,19H,2-5,8-9,11,17H2,1H3,(H,18,20). The lowest BCUT2D eigenvalue weighted by Crippen LogP contribution is -2.42. The molecule has 1 aliphatic carbocycles. The van der Waals surface area contributed by atoms with E-state index < -0.39 is 5.41 Å². The van der Waals surface area contributed by atoms with Gasteiger partial charge in [-0.25, -0.2) is 0 Å². The molecular weight excluding hydrogens is 252 g/mol. The van der Waals surface area contributed by atoms with Crippen LogP contribution in [0.2, 0.25) is 0 Å². The first-order valence-corrected chi connectivity index (χ1v) is 7.38. The second kappa shape index (κ2) is 6.27. The highest BCUT2D eigenvalue weighted by molar-refractivity contribution is 5.95. The number of rotatable bonds is 3. The number of carbonyl (C=O) groups is 1. The zero-order valence-corrected chi connectivity index (χ0v) is 12.1. The number of nitrogens with one attached hydrogen (secondary N) is 1. The number of anilines is 1. The number of carbonyl (C=O) groups excluding carboxylic acids is 1. The van der Waals surface area contributed by atoms with Crippen molar-refractivity contribution in [2.75, 3.05) is 11.9 Å². The predicted molar refractivity (Wildman–Crippen MR) is 80.7 cm³/mol. The van der Waals surface area contributed by atoms with E-state index in [0.29, 0.717) is 12.2 Å². The summed E-state index contributed by atoms with van der Waals surface area (Å²) < 4.78 is 0. The molecule has 4 N–H and O–H groups in total. The van der Waals surface area contributed by atoms with Crippen LogP contribution in [0.1, 0.15) is 44.1 Å². The number of phenols is 1. The quantitative estimate of drug-likeness (QED) is 0.743. The number of aromatic hydroxyl groups is 1. The number of benzene rings is 1. The van der Waals surface area contributed by atoms with Crippen molar-refractivity contribution in [2.45, 2.75) is 45.4 Å². The van der Waals surface area contributed by atoms with Crippen molar-refractivity contribution < 1.29 is 9.90 Å². The average molecular weight is 276 g/mol. The Bertz CT molecular complexity index is 477. The van der Waals surface area contributed by atoms with Gasteiger partial charge in [0.25, 0.3) is 0 Å². The number of phenolic OH excluding ortho intramolecular Hbond substituents is 1. The third-order valence-corrected chi connectivity index (χ3v) is 4.40. The topological polar surface area (TPSA) is 75.4 Å². The molecule has 110 valence electrons. The zero-order chi connectivity index (χ0) is 14.6. The maximum Gasteiger partial charge on any atom is 0.231 e. The molecule has 1 saturated carbocycles. The minimum absolute atomic E-state index is 0.00912. The second-order valence-electron chi connectivity index (χ2n) is 5.85. The summed E-state index contributed by atoms with van der Waals surface area (Å²) in [5, 5.41) is 12.6. The molecule has 1 amide bonds. The minimum Gasteiger partial charge on any atom is -0.508 e. The lowest BCUT2D eigenvalue weighted by atomic mass is 9.79. The minimum atomic E-state index is -0.447. The number of amides is 1. The van der Waals surface area contributed by atoms with Crippen molar-refractivity contribution in [1.82, 2.24) is 0 Å². The molecule has 0 atom stereocenters. The lowest BCUT2D eigenvalue weighted by molar-refractivity contribution is -0.125. The van der Waals surface area contributed by atoms with Crippen molar-refractivity contribution in [1.29, 1.82) is 0 Å². The van der Waals surface area contributed by atoms with Gasteiger partial charge in [0, 0.05) is 18.3 Å². The van der Waals surface area contributed by atoms with Crippen molar-refractivity contribution in [3.8, 4) is 5.75 Å². The lowest BCUT2D eigenvalue weighted by Gasteiger charge is -2.29. The van der Waals surface area contributed by atoms with E-state index in [-0.39, 0.29) is 11.7 Å². The van der Waals surface area contributed by atoms with E-state index in [1.54, 1.807) is 12.1 Å². The molecule has 0 radical (unpaired) electrons. The van der Waals surface area contributed by atoms with Crippen LogP contribution in [0.5, 0.6) is 5.75 Å². The molecular formula is C16H24N2O2. The molecule has 0 bridgehead atoms. The molecule has 1 aromatic rings. The molecule has 1 aliphatic rings. The SMILES string of the molecule is Cc1ccc(NC(=O)C2(CN)CCCCCC2)cc1O. The maximum absolute atomic E-state index is 12.6. The third kappa shape index (κ3) is 3.12. The van der Waals surface area contributed by atoms with Crippen molar-refractivity contribution in [2.24, 2.45) is 11.1 Å². The van der Waals surface area contributed by atoms with Crippen LogP contribution in [0.4, 0.5) is 5.69 Å². The molecule has 20 heavy (non-hydrogen) atoms. The Hall–Kier alpha value is -1.55. The highest BCUT2D eigenvalue weighted by Crippen LogP contribution is 2.35. The molecule has 4 nitrogen and oxygen atoms in total. The normalized spacial score (nSPS) is 18.3. The summed E-state index contributed by atoms with van der Waals surface area (Å²) in [5.41, 5.74) is 6.89. The largest absolute Gasteiger partial charge is 0.508 e. The summed E-state index contributed by atoms with van der Waals surface area (Å²) in [4.78, 5) is 12.6. The summed E-state index contributed by atoms with van der Waals surface area (Å²) >= 11 is 0. The highest BCUT2D eigenvalue weighted by atomic mass is 16.3. The first-order chi connectivity index (χ1) is 9.57. The monoisotopic (exact) mass is 276 g/mol. The van der Waals surface area contributed by atoms with Gasteiger partial charge in [0.1, 0.15) is 5.75 Å². The van der Waals surface area contributed by atoms with E-state index in [2.05, 4.69) is 5.32 Å². The van der Waals surface area contributed by atoms with E-state index in [4.69, 9.17) is 5.73 Å². The summed E-state index contributed by atoms with van der Waals surface area (Å²) in [6.07, 6.45) is 6.19. The molecule has 4 heteroatoms. The van der Waals surface area contributed by atoms with Crippen LogP contribution in [0.15, 0.2) is 18.2 Å². The van der Waals surface area contributed by atoms with Crippen LogP contribution in [0, 0.1) is 12.3 Å². The summed E-state index contributed by atoms with van der Waals surface area (Å²) in [6.45, 7) is 2.21. The van der Waals surface area contributed by atoms with Crippen LogP contribution in [0.25, 0.3) is 0 Å². The Morgan fingerprint density at radius 3 is 2.50 bits per heavy atom. The van der Waals surface area contributed by atoms with Gasteiger partial charge in [-0.3, -0.25) is 4.79 Å². The Morgan fingerprint density at radius 2 is 1.95 bits per heavy atom. The second-order valence-corrected chi connectivity index (χ2v) is 5.85. The average Bonchev–Trinajstić information content (AvgIpc) is 2.69. The van der Waals surface area contributed by atoms with Gasteiger partial charge in [-0.2, -0.15) is 0 Å². The van der Waals surface area contributed by atoms with E-state index in [0.717, 1.165) is 31.2 Å².